The third-order valence-corrected chi connectivity index (χ3v) is 7.28. The molecule has 176 valence electrons. The number of hydrogen-bond acceptors (Lipinski definition) is 9. The topological polar surface area (TPSA) is 106 Å². The van der Waals surface area contributed by atoms with Crippen LogP contribution in [-0.2, 0) is 0 Å². The highest BCUT2D eigenvalue weighted by molar-refractivity contribution is 7.98. The Labute approximate surface area is 201 Å². The molecule has 0 amide bonds. The van der Waals surface area contributed by atoms with Gasteiger partial charge in [0.05, 0.1) is 29.0 Å². The van der Waals surface area contributed by atoms with Crippen molar-refractivity contribution in [3.8, 4) is 17.6 Å². The number of ether oxygens (including phenoxy) is 1. The molecule has 8 nitrogen and oxygen atoms in total. The average molecular weight is 481 g/mol. The molecule has 1 spiro atoms. The SMILES string of the molecule is CN(CCO)SNc1ccc(F)c(Oc2ccc3ncc(C4CC5(CNC5)C4)nc3c2)c1C#N. The minimum atomic E-state index is -0.635. The third kappa shape index (κ3) is 4.40. The molecule has 3 N–H and O–H groups in total. The number of aromatic nitrogens is 2. The summed E-state index contributed by atoms with van der Waals surface area (Å²) < 4.78 is 25.3. The fourth-order valence-corrected chi connectivity index (χ4v) is 5.11. The number of halogens is 1. The molecule has 0 bridgehead atoms. The molecule has 1 aromatic heterocycles. The minimum Gasteiger partial charge on any atom is -0.453 e. The molecule has 0 radical (unpaired) electrons. The lowest BCUT2D eigenvalue weighted by Crippen LogP contribution is -2.59. The maximum absolute atomic E-state index is 14.7. The van der Waals surface area contributed by atoms with Gasteiger partial charge in [-0.25, -0.2) is 13.7 Å². The summed E-state index contributed by atoms with van der Waals surface area (Å²) in [5.74, 6) is 0.00432. The summed E-state index contributed by atoms with van der Waals surface area (Å²) in [5.41, 5.74) is 3.30. The summed E-state index contributed by atoms with van der Waals surface area (Å²) in [5, 5.41) is 22.1. The van der Waals surface area contributed by atoms with E-state index in [9.17, 15) is 9.65 Å². The highest BCUT2D eigenvalue weighted by Gasteiger charge is 2.49. The lowest BCUT2D eigenvalue weighted by atomic mass is 9.58. The number of rotatable bonds is 8. The number of aliphatic hydroxyl groups is 1. The summed E-state index contributed by atoms with van der Waals surface area (Å²) in [6, 6.07) is 9.99. The van der Waals surface area contributed by atoms with Crippen LogP contribution in [0.5, 0.6) is 11.5 Å². The number of fused-ring (bicyclic) bond motifs is 1. The van der Waals surface area contributed by atoms with E-state index >= 15 is 0 Å². The number of benzene rings is 2. The summed E-state index contributed by atoms with van der Waals surface area (Å²) in [6.45, 7) is 2.60. The first kappa shape index (κ1) is 22.8. The number of nitrogens with one attached hydrogen (secondary N) is 2. The fourth-order valence-electron chi connectivity index (χ4n) is 4.51. The number of nitriles is 1. The molecular formula is C24H25FN6O2S. The Hall–Kier alpha value is -2.97. The Bertz CT molecular complexity index is 1250. The predicted octanol–water partition coefficient (Wildman–Crippen LogP) is 3.80. The number of likely N-dealkylation sites (N-methyl/N-ethyl adjacent to an activating group) is 1. The second-order valence-electron chi connectivity index (χ2n) is 8.94. The normalized spacial score (nSPS) is 16.8. The molecule has 0 atom stereocenters. The van der Waals surface area contributed by atoms with E-state index in [0.717, 1.165) is 37.1 Å². The molecule has 1 saturated heterocycles. The van der Waals surface area contributed by atoms with Crippen molar-refractivity contribution in [2.45, 2.75) is 18.8 Å². The van der Waals surface area contributed by atoms with E-state index in [2.05, 4.69) is 15.0 Å². The van der Waals surface area contributed by atoms with Gasteiger partial charge in [-0.05, 0) is 49.6 Å². The van der Waals surface area contributed by atoms with Gasteiger partial charge in [0.1, 0.15) is 17.4 Å². The largest absolute Gasteiger partial charge is 0.453 e. The van der Waals surface area contributed by atoms with Crippen molar-refractivity contribution in [2.24, 2.45) is 5.41 Å². The predicted molar refractivity (Wildman–Crippen MR) is 129 cm³/mol. The minimum absolute atomic E-state index is 0.000533. The maximum atomic E-state index is 14.7. The van der Waals surface area contributed by atoms with Crippen molar-refractivity contribution in [3.63, 3.8) is 0 Å². The van der Waals surface area contributed by atoms with Crippen molar-refractivity contribution >= 4 is 28.9 Å². The average Bonchev–Trinajstić information content (AvgIpc) is 2.77. The molecular weight excluding hydrogens is 455 g/mol. The highest BCUT2D eigenvalue weighted by Crippen LogP contribution is 2.52. The van der Waals surface area contributed by atoms with Crippen LogP contribution in [0.3, 0.4) is 0 Å². The molecule has 10 heteroatoms. The van der Waals surface area contributed by atoms with Gasteiger partial charge in [0, 0.05) is 49.9 Å². The molecule has 2 aliphatic rings. The van der Waals surface area contributed by atoms with E-state index in [0.29, 0.717) is 34.8 Å². The van der Waals surface area contributed by atoms with Crippen LogP contribution in [0, 0.1) is 22.6 Å². The van der Waals surface area contributed by atoms with Gasteiger partial charge in [0.15, 0.2) is 11.6 Å². The van der Waals surface area contributed by atoms with Gasteiger partial charge < -0.3 is 19.9 Å². The monoisotopic (exact) mass is 480 g/mol. The van der Waals surface area contributed by atoms with E-state index in [1.807, 2.05) is 12.3 Å². The molecule has 1 saturated carbocycles. The molecule has 1 aliphatic heterocycles. The van der Waals surface area contributed by atoms with E-state index in [1.54, 1.807) is 29.6 Å². The van der Waals surface area contributed by atoms with Gasteiger partial charge >= 0.3 is 0 Å². The third-order valence-electron chi connectivity index (χ3n) is 6.48. The molecule has 2 heterocycles. The molecule has 2 fully saturated rings. The van der Waals surface area contributed by atoms with Gasteiger partial charge in [-0.3, -0.25) is 4.98 Å². The van der Waals surface area contributed by atoms with Gasteiger partial charge in [-0.15, -0.1) is 0 Å². The Kier molecular flexibility index (Phi) is 6.27. The molecule has 3 aromatic rings. The summed E-state index contributed by atoms with van der Waals surface area (Å²) in [6.07, 6.45) is 4.09. The molecule has 34 heavy (non-hydrogen) atoms. The Morgan fingerprint density at radius 3 is 2.85 bits per heavy atom. The summed E-state index contributed by atoms with van der Waals surface area (Å²) >= 11 is 1.20. The van der Waals surface area contributed by atoms with Crippen LogP contribution in [0.4, 0.5) is 10.1 Å². The quantitative estimate of drug-likeness (QED) is 0.415. The van der Waals surface area contributed by atoms with Gasteiger partial charge in [0.2, 0.25) is 0 Å². The second kappa shape index (κ2) is 9.35. The van der Waals surface area contributed by atoms with E-state index in [-0.39, 0.29) is 17.9 Å². The van der Waals surface area contributed by atoms with Crippen LogP contribution < -0.4 is 14.8 Å². The lowest BCUT2D eigenvalue weighted by Gasteiger charge is -2.54. The summed E-state index contributed by atoms with van der Waals surface area (Å²) in [4.78, 5) is 9.36. The van der Waals surface area contributed by atoms with Gasteiger partial charge in [-0.2, -0.15) is 5.26 Å². The molecule has 2 aromatic carbocycles. The maximum Gasteiger partial charge on any atom is 0.182 e. The second-order valence-corrected chi connectivity index (χ2v) is 9.95. The fraction of sp³-hybridized carbons (Fsp3) is 0.375. The Morgan fingerprint density at radius 1 is 1.32 bits per heavy atom. The van der Waals surface area contributed by atoms with Crippen molar-refractivity contribution in [2.75, 3.05) is 38.0 Å². The zero-order chi connectivity index (χ0) is 23.7. The number of anilines is 1. The number of nitrogens with zero attached hydrogens (tertiary/aromatic N) is 4. The highest BCUT2D eigenvalue weighted by atomic mass is 32.2. The van der Waals surface area contributed by atoms with Crippen molar-refractivity contribution in [3.05, 3.63) is 53.6 Å². The first-order valence-electron chi connectivity index (χ1n) is 11.1. The number of aliphatic hydroxyl groups excluding tert-OH is 1. The van der Waals surface area contributed by atoms with Crippen LogP contribution in [0.15, 0.2) is 36.5 Å². The van der Waals surface area contributed by atoms with Gasteiger partial charge in [0.25, 0.3) is 0 Å². The number of hydrogen-bond donors (Lipinski definition) is 3. The first-order valence-corrected chi connectivity index (χ1v) is 11.9. The zero-order valence-corrected chi connectivity index (χ0v) is 19.5. The molecule has 5 rings (SSSR count). The van der Waals surface area contributed by atoms with Crippen LogP contribution in [0.25, 0.3) is 11.0 Å². The van der Waals surface area contributed by atoms with E-state index in [1.165, 1.54) is 24.3 Å². The summed E-state index contributed by atoms with van der Waals surface area (Å²) in [7, 11) is 1.79. The van der Waals surface area contributed by atoms with E-state index in [4.69, 9.17) is 14.8 Å². The van der Waals surface area contributed by atoms with Crippen LogP contribution in [0.2, 0.25) is 0 Å². The van der Waals surface area contributed by atoms with Gasteiger partial charge in [-0.1, -0.05) is 0 Å². The van der Waals surface area contributed by atoms with Crippen LogP contribution in [0.1, 0.15) is 30.0 Å². The van der Waals surface area contributed by atoms with Crippen molar-refractivity contribution < 1.29 is 14.2 Å². The van der Waals surface area contributed by atoms with Crippen LogP contribution in [-0.4, -0.2) is 52.7 Å². The Morgan fingerprint density at radius 2 is 2.15 bits per heavy atom. The molecule has 1 aliphatic carbocycles. The van der Waals surface area contributed by atoms with Crippen molar-refractivity contribution in [1.29, 1.82) is 5.26 Å². The zero-order valence-electron chi connectivity index (χ0n) is 18.7. The first-order chi connectivity index (χ1) is 16.5. The standard InChI is InChI=1S/C24H25FN6O2S/c1-31(6-7-32)34-30-19-5-3-18(25)23(17(19)11-26)33-16-2-4-20-21(8-16)29-22(12-28-20)15-9-24(10-15)13-27-14-24/h2-5,8,12,15,27,30,32H,6-7,9-10,13-14H2,1H3. The van der Waals surface area contributed by atoms with Crippen molar-refractivity contribution in [1.82, 2.24) is 19.6 Å². The van der Waals surface area contributed by atoms with E-state index < -0.39 is 5.82 Å². The Balaban J connectivity index is 1.37. The lowest BCUT2D eigenvalue weighted by molar-refractivity contribution is 0.0347. The van der Waals surface area contributed by atoms with Crippen LogP contribution >= 0.6 is 12.1 Å². The smallest absolute Gasteiger partial charge is 0.182 e. The molecule has 0 unspecified atom stereocenters.